The van der Waals surface area contributed by atoms with Gasteiger partial charge in [-0.15, -0.1) is 5.10 Å². The Balaban J connectivity index is 2.46. The Hall–Kier alpha value is -2.51. The average molecular weight is 290 g/mol. The summed E-state index contributed by atoms with van der Waals surface area (Å²) < 4.78 is 1.65. The maximum Gasteiger partial charge on any atom is 0.278 e. The van der Waals surface area contributed by atoms with E-state index in [9.17, 15) is 10.1 Å². The molecule has 0 unspecified atom stereocenters. The van der Waals surface area contributed by atoms with Gasteiger partial charge in [0, 0.05) is 11.8 Å². The molecular formula is C13H18N6O2. The second kappa shape index (κ2) is 5.47. The number of hydrogen-bond acceptors (Lipinski definition) is 6. The minimum atomic E-state index is -0.380. The number of nitrogen functional groups attached to an aromatic ring is 1. The lowest BCUT2D eigenvalue weighted by Gasteiger charge is -2.11. The highest BCUT2D eigenvalue weighted by atomic mass is 16.6. The van der Waals surface area contributed by atoms with Gasteiger partial charge in [0.05, 0.1) is 28.4 Å². The molecule has 2 rings (SSSR count). The normalized spacial score (nSPS) is 11.1. The Bertz CT molecular complexity index is 692. The number of aromatic nitrogens is 4. The van der Waals surface area contributed by atoms with Crippen molar-refractivity contribution in [1.29, 1.82) is 0 Å². The van der Waals surface area contributed by atoms with E-state index < -0.39 is 0 Å². The van der Waals surface area contributed by atoms with Crippen molar-refractivity contribution in [1.82, 2.24) is 20.0 Å². The number of hydrogen-bond donors (Lipinski definition) is 1. The molecule has 0 radical (unpaired) electrons. The highest BCUT2D eigenvalue weighted by molar-refractivity contribution is 5.47. The van der Waals surface area contributed by atoms with Gasteiger partial charge < -0.3 is 5.73 Å². The van der Waals surface area contributed by atoms with Crippen LogP contribution < -0.4 is 5.73 Å². The van der Waals surface area contributed by atoms with E-state index in [1.807, 2.05) is 13.8 Å². The van der Waals surface area contributed by atoms with Crippen molar-refractivity contribution in [2.24, 2.45) is 0 Å². The average Bonchev–Trinajstić information content (AvgIpc) is 2.73. The first-order chi connectivity index (χ1) is 9.82. The second-order valence-corrected chi connectivity index (χ2v) is 5.29. The lowest BCUT2D eigenvalue weighted by molar-refractivity contribution is -0.386. The summed E-state index contributed by atoms with van der Waals surface area (Å²) in [7, 11) is 0. The largest absolute Gasteiger partial charge is 0.381 e. The van der Waals surface area contributed by atoms with Gasteiger partial charge in [-0.05, 0) is 19.8 Å². The van der Waals surface area contributed by atoms with Crippen molar-refractivity contribution in [3.05, 3.63) is 38.8 Å². The van der Waals surface area contributed by atoms with Crippen molar-refractivity contribution in [3.8, 4) is 0 Å². The van der Waals surface area contributed by atoms with Gasteiger partial charge in [0.15, 0.2) is 5.82 Å². The van der Waals surface area contributed by atoms with Crippen LogP contribution in [-0.2, 0) is 6.54 Å². The number of nitrogens with two attached hydrogens (primary N) is 1. The van der Waals surface area contributed by atoms with Crippen LogP contribution in [0.3, 0.4) is 0 Å². The van der Waals surface area contributed by atoms with Crippen molar-refractivity contribution in [2.45, 2.75) is 40.2 Å². The number of aryl methyl sites for hydroxylation is 1. The Morgan fingerprint density at radius 2 is 2.10 bits per heavy atom. The fraction of sp³-hybridized carbons (Fsp3) is 0.462. The number of anilines is 1. The summed E-state index contributed by atoms with van der Waals surface area (Å²) in [5.74, 6) is 0.532. The summed E-state index contributed by atoms with van der Waals surface area (Å²) in [6, 6.07) is 0. The first-order valence-electron chi connectivity index (χ1n) is 6.61. The van der Waals surface area contributed by atoms with Crippen LogP contribution >= 0.6 is 0 Å². The molecule has 0 aliphatic carbocycles. The van der Waals surface area contributed by atoms with Gasteiger partial charge in [-0.1, -0.05) is 19.1 Å². The molecule has 0 saturated heterocycles. The van der Waals surface area contributed by atoms with E-state index in [2.05, 4.69) is 15.3 Å². The van der Waals surface area contributed by atoms with E-state index >= 15 is 0 Å². The first kappa shape index (κ1) is 14.9. The summed E-state index contributed by atoms with van der Waals surface area (Å²) in [6.07, 6.45) is 1.51. The first-order valence-corrected chi connectivity index (χ1v) is 6.61. The Labute approximate surface area is 122 Å². The van der Waals surface area contributed by atoms with E-state index in [1.54, 1.807) is 18.5 Å². The van der Waals surface area contributed by atoms with Crippen LogP contribution in [0.2, 0.25) is 0 Å². The fourth-order valence-electron chi connectivity index (χ4n) is 2.39. The molecule has 2 aromatic heterocycles. The quantitative estimate of drug-likeness (QED) is 0.680. The molecule has 0 amide bonds. The topological polar surface area (TPSA) is 113 Å². The molecule has 0 aliphatic heterocycles. The molecule has 0 fully saturated rings. The zero-order valence-corrected chi connectivity index (χ0v) is 12.5. The fourth-order valence-corrected chi connectivity index (χ4v) is 2.39. The minimum Gasteiger partial charge on any atom is -0.381 e. The zero-order chi connectivity index (χ0) is 15.7. The van der Waals surface area contributed by atoms with Gasteiger partial charge in [-0.2, -0.15) is 0 Å². The van der Waals surface area contributed by atoms with Crippen molar-refractivity contribution in [2.75, 3.05) is 5.73 Å². The molecule has 21 heavy (non-hydrogen) atoms. The van der Waals surface area contributed by atoms with Gasteiger partial charge in [-0.25, -0.2) is 4.68 Å². The summed E-state index contributed by atoms with van der Waals surface area (Å²) in [5, 5.41) is 19.0. The lowest BCUT2D eigenvalue weighted by atomic mass is 10.1. The smallest absolute Gasteiger partial charge is 0.278 e. The van der Waals surface area contributed by atoms with Gasteiger partial charge in [0.2, 0.25) is 0 Å². The molecule has 0 saturated carbocycles. The Morgan fingerprint density at radius 3 is 2.67 bits per heavy atom. The summed E-state index contributed by atoms with van der Waals surface area (Å²) >= 11 is 0. The SMILES string of the molecule is Cc1cnc(Cn2nnc(N)c2C(C)C)c(C)c1[N+](=O)[O-]. The molecule has 8 nitrogen and oxygen atoms in total. The van der Waals surface area contributed by atoms with E-state index in [0.29, 0.717) is 29.2 Å². The highest BCUT2D eigenvalue weighted by Crippen LogP contribution is 2.26. The van der Waals surface area contributed by atoms with Crippen molar-refractivity contribution in [3.63, 3.8) is 0 Å². The van der Waals surface area contributed by atoms with Crippen molar-refractivity contribution < 1.29 is 4.92 Å². The van der Waals surface area contributed by atoms with Crippen LogP contribution in [0, 0.1) is 24.0 Å². The monoisotopic (exact) mass is 290 g/mol. The van der Waals surface area contributed by atoms with Crippen molar-refractivity contribution >= 4 is 11.5 Å². The Kier molecular flexibility index (Phi) is 3.88. The molecular weight excluding hydrogens is 272 g/mol. The molecule has 112 valence electrons. The van der Waals surface area contributed by atoms with Gasteiger partial charge in [-0.3, -0.25) is 15.1 Å². The minimum absolute atomic E-state index is 0.0965. The third kappa shape index (κ3) is 2.69. The van der Waals surface area contributed by atoms with Crippen LogP contribution in [0.25, 0.3) is 0 Å². The summed E-state index contributed by atoms with van der Waals surface area (Å²) in [4.78, 5) is 15.1. The standard InChI is InChI=1S/C13H18N6O2/c1-7(2)11-13(14)16-17-18(11)6-10-9(4)12(19(20)21)8(3)5-15-10/h5,7H,6,14H2,1-4H3. The predicted octanol–water partition coefficient (Wildman–Crippen LogP) is 1.95. The number of nitro groups is 1. The molecule has 0 aliphatic rings. The lowest BCUT2D eigenvalue weighted by Crippen LogP contribution is -2.12. The Morgan fingerprint density at radius 1 is 1.43 bits per heavy atom. The molecule has 0 aromatic carbocycles. The molecule has 8 heteroatoms. The molecule has 0 spiro atoms. The number of pyridine rings is 1. The molecule has 0 atom stereocenters. The van der Waals surface area contributed by atoms with Gasteiger partial charge >= 0.3 is 0 Å². The van der Waals surface area contributed by atoms with Crippen LogP contribution in [0.15, 0.2) is 6.20 Å². The van der Waals surface area contributed by atoms with Crippen LogP contribution in [0.4, 0.5) is 11.5 Å². The second-order valence-electron chi connectivity index (χ2n) is 5.29. The summed E-state index contributed by atoms with van der Waals surface area (Å²) in [6.45, 7) is 7.66. The van der Waals surface area contributed by atoms with Crippen LogP contribution in [0.5, 0.6) is 0 Å². The predicted molar refractivity (Wildman–Crippen MR) is 78.0 cm³/mol. The summed E-state index contributed by atoms with van der Waals surface area (Å²) in [5.41, 5.74) is 8.40. The molecule has 0 bridgehead atoms. The van der Waals surface area contributed by atoms with E-state index in [4.69, 9.17) is 5.73 Å². The molecule has 2 heterocycles. The number of rotatable bonds is 4. The van der Waals surface area contributed by atoms with Gasteiger partial charge in [0.1, 0.15) is 0 Å². The van der Waals surface area contributed by atoms with E-state index in [1.165, 1.54) is 6.20 Å². The third-order valence-electron chi connectivity index (χ3n) is 3.41. The van der Waals surface area contributed by atoms with Crippen LogP contribution in [0.1, 0.15) is 42.3 Å². The zero-order valence-electron chi connectivity index (χ0n) is 12.5. The van der Waals surface area contributed by atoms with Crippen LogP contribution in [-0.4, -0.2) is 24.9 Å². The molecule has 2 aromatic rings. The highest BCUT2D eigenvalue weighted by Gasteiger charge is 2.21. The molecule has 2 N–H and O–H groups in total. The third-order valence-corrected chi connectivity index (χ3v) is 3.41. The number of nitrogens with zero attached hydrogens (tertiary/aromatic N) is 5. The van der Waals surface area contributed by atoms with E-state index in [-0.39, 0.29) is 16.5 Å². The maximum absolute atomic E-state index is 11.1. The van der Waals surface area contributed by atoms with E-state index in [0.717, 1.165) is 5.69 Å². The van der Waals surface area contributed by atoms with Gasteiger partial charge in [0.25, 0.3) is 5.69 Å². The maximum atomic E-state index is 11.1.